The highest BCUT2D eigenvalue weighted by Gasteiger charge is 2.23. The minimum Gasteiger partial charge on any atom is -0.491 e. The molecule has 0 spiro atoms. The van der Waals surface area contributed by atoms with Crippen molar-refractivity contribution in [3.05, 3.63) is 70.8 Å². The van der Waals surface area contributed by atoms with E-state index in [1.807, 2.05) is 6.07 Å². The summed E-state index contributed by atoms with van der Waals surface area (Å²) in [6, 6.07) is 16.0. The molecule has 0 radical (unpaired) electrons. The van der Waals surface area contributed by atoms with Crippen LogP contribution < -0.4 is 10.4 Å². The number of hydrogen-bond acceptors (Lipinski definition) is 4. The van der Waals surface area contributed by atoms with E-state index in [1.165, 1.54) is 4.57 Å². The van der Waals surface area contributed by atoms with Crippen LogP contribution in [0.4, 0.5) is 0 Å². The average Bonchev–Trinajstić information content (AvgIpc) is 3.03. The Morgan fingerprint density at radius 1 is 1.07 bits per heavy atom. The van der Waals surface area contributed by atoms with Gasteiger partial charge >= 0.3 is 11.7 Å². The predicted molar refractivity (Wildman–Crippen MR) is 101 cm³/mol. The van der Waals surface area contributed by atoms with Crippen molar-refractivity contribution < 1.29 is 19.4 Å². The molecule has 0 fully saturated rings. The number of imidazole rings is 1. The topological polar surface area (TPSA) is 93.5 Å². The molecule has 0 amide bonds. The summed E-state index contributed by atoms with van der Waals surface area (Å²) in [5.41, 5.74) is 0.658. The second-order valence-electron chi connectivity index (χ2n) is 5.82. The molecule has 1 aromatic heterocycles. The first-order valence-corrected chi connectivity index (χ1v) is 8.48. The molecule has 0 aliphatic carbocycles. The van der Waals surface area contributed by atoms with Crippen molar-refractivity contribution >= 4 is 5.97 Å². The summed E-state index contributed by atoms with van der Waals surface area (Å²) in [5.74, 6) is -0.716. The number of para-hydroxylation sites is 2. The maximum absolute atomic E-state index is 12.6. The molecule has 0 saturated carbocycles. The second-order valence-corrected chi connectivity index (χ2v) is 5.82. The molecule has 0 atom stereocenters. The lowest BCUT2D eigenvalue weighted by Crippen LogP contribution is -2.17. The number of aromatic carboxylic acids is 1. The largest absolute Gasteiger partial charge is 0.491 e. The maximum Gasteiger partial charge on any atom is 0.354 e. The number of nitrogens with zero attached hydrogens (tertiary/aromatic N) is 1. The van der Waals surface area contributed by atoms with E-state index in [2.05, 4.69) is 4.98 Å². The second kappa shape index (κ2) is 8.37. The summed E-state index contributed by atoms with van der Waals surface area (Å²) in [5, 5.41) is 9.55. The van der Waals surface area contributed by atoms with Gasteiger partial charge in [-0.1, -0.05) is 42.5 Å². The predicted octanol–water partition coefficient (Wildman–Crippen LogP) is 2.95. The molecule has 2 N–H and O–H groups in total. The fourth-order valence-electron chi connectivity index (χ4n) is 2.84. The SMILES string of the molecule is COCCCOc1ccccc1-n1c(-c2ccccc2)c(C(=O)O)[nH]c1=O. The first kappa shape index (κ1) is 18.5. The molecule has 0 bridgehead atoms. The van der Waals surface area contributed by atoms with Gasteiger partial charge in [-0.15, -0.1) is 0 Å². The Balaban J connectivity index is 2.13. The fourth-order valence-corrected chi connectivity index (χ4v) is 2.84. The van der Waals surface area contributed by atoms with Gasteiger partial charge in [0.05, 0.1) is 18.0 Å². The van der Waals surface area contributed by atoms with Gasteiger partial charge in [0.25, 0.3) is 0 Å². The van der Waals surface area contributed by atoms with E-state index < -0.39 is 11.7 Å². The number of methoxy groups -OCH3 is 1. The van der Waals surface area contributed by atoms with Crippen LogP contribution in [0.3, 0.4) is 0 Å². The smallest absolute Gasteiger partial charge is 0.354 e. The number of benzene rings is 2. The molecule has 7 nitrogen and oxygen atoms in total. The van der Waals surface area contributed by atoms with Crippen molar-refractivity contribution in [3.8, 4) is 22.7 Å². The number of H-pyrrole nitrogens is 1. The summed E-state index contributed by atoms with van der Waals surface area (Å²) >= 11 is 0. The fraction of sp³-hybridized carbons (Fsp3) is 0.200. The van der Waals surface area contributed by atoms with Crippen molar-refractivity contribution in [3.63, 3.8) is 0 Å². The summed E-state index contributed by atoms with van der Waals surface area (Å²) in [7, 11) is 1.62. The number of aromatic amines is 1. The molecule has 0 aliphatic rings. The van der Waals surface area contributed by atoms with Gasteiger partial charge in [0.2, 0.25) is 0 Å². The zero-order chi connectivity index (χ0) is 19.2. The number of carboxylic acids is 1. The van der Waals surface area contributed by atoms with Crippen LogP contribution >= 0.6 is 0 Å². The Bertz CT molecular complexity index is 976. The number of ether oxygens (including phenoxy) is 2. The number of aromatic nitrogens is 2. The van der Waals surface area contributed by atoms with Crippen LogP contribution in [0.5, 0.6) is 5.75 Å². The molecule has 7 heteroatoms. The molecular formula is C20H20N2O5. The third-order valence-electron chi connectivity index (χ3n) is 4.01. The number of nitrogens with one attached hydrogen (secondary N) is 1. The van der Waals surface area contributed by atoms with E-state index in [1.54, 1.807) is 55.6 Å². The van der Waals surface area contributed by atoms with Crippen molar-refractivity contribution in [1.29, 1.82) is 0 Å². The molecule has 0 aliphatic heterocycles. The Kier molecular flexibility index (Phi) is 5.73. The molecule has 0 unspecified atom stereocenters. The lowest BCUT2D eigenvalue weighted by molar-refractivity contribution is 0.0691. The molecule has 3 aromatic rings. The van der Waals surface area contributed by atoms with E-state index in [-0.39, 0.29) is 11.4 Å². The number of rotatable bonds is 8. The number of carboxylic acid groups (broad SMARTS) is 1. The van der Waals surface area contributed by atoms with Gasteiger partial charge in [-0.05, 0) is 12.1 Å². The van der Waals surface area contributed by atoms with Crippen LogP contribution in [-0.2, 0) is 4.74 Å². The van der Waals surface area contributed by atoms with Gasteiger partial charge < -0.3 is 14.6 Å². The monoisotopic (exact) mass is 368 g/mol. The quantitative estimate of drug-likeness (QED) is 0.596. The van der Waals surface area contributed by atoms with Crippen LogP contribution in [0.25, 0.3) is 16.9 Å². The van der Waals surface area contributed by atoms with Crippen LogP contribution in [0.1, 0.15) is 16.9 Å². The molecule has 0 saturated heterocycles. The van der Waals surface area contributed by atoms with Crippen LogP contribution in [-0.4, -0.2) is 41.0 Å². The molecule has 27 heavy (non-hydrogen) atoms. The Hall–Kier alpha value is -3.32. The molecule has 1 heterocycles. The summed E-state index contributed by atoms with van der Waals surface area (Å²) in [6.45, 7) is 0.973. The van der Waals surface area contributed by atoms with Crippen molar-refractivity contribution in [2.24, 2.45) is 0 Å². The van der Waals surface area contributed by atoms with Gasteiger partial charge in [-0.2, -0.15) is 0 Å². The highest BCUT2D eigenvalue weighted by Crippen LogP contribution is 2.29. The maximum atomic E-state index is 12.6. The number of carbonyl (C=O) groups is 1. The first-order chi connectivity index (χ1) is 13.1. The minimum absolute atomic E-state index is 0.166. The van der Waals surface area contributed by atoms with Crippen LogP contribution in [0, 0.1) is 0 Å². The third-order valence-corrected chi connectivity index (χ3v) is 4.01. The Morgan fingerprint density at radius 2 is 1.78 bits per heavy atom. The van der Waals surface area contributed by atoms with Crippen molar-refractivity contribution in [2.45, 2.75) is 6.42 Å². The highest BCUT2D eigenvalue weighted by atomic mass is 16.5. The van der Waals surface area contributed by atoms with E-state index in [0.29, 0.717) is 36.6 Å². The lowest BCUT2D eigenvalue weighted by atomic mass is 10.1. The zero-order valence-corrected chi connectivity index (χ0v) is 14.8. The van der Waals surface area contributed by atoms with Crippen molar-refractivity contribution in [2.75, 3.05) is 20.3 Å². The van der Waals surface area contributed by atoms with E-state index in [0.717, 1.165) is 0 Å². The van der Waals surface area contributed by atoms with Gasteiger partial charge in [0.1, 0.15) is 5.75 Å². The summed E-state index contributed by atoms with van der Waals surface area (Å²) in [6.07, 6.45) is 0.693. The van der Waals surface area contributed by atoms with Crippen LogP contribution in [0.15, 0.2) is 59.4 Å². The molecule has 3 rings (SSSR count). The molecular weight excluding hydrogens is 348 g/mol. The zero-order valence-electron chi connectivity index (χ0n) is 14.8. The first-order valence-electron chi connectivity index (χ1n) is 8.48. The number of hydrogen-bond donors (Lipinski definition) is 2. The van der Waals surface area contributed by atoms with Crippen molar-refractivity contribution in [1.82, 2.24) is 9.55 Å². The van der Waals surface area contributed by atoms with E-state index in [9.17, 15) is 14.7 Å². The van der Waals surface area contributed by atoms with Crippen LogP contribution in [0.2, 0.25) is 0 Å². The average molecular weight is 368 g/mol. The summed E-state index contributed by atoms with van der Waals surface area (Å²) < 4.78 is 12.2. The van der Waals surface area contributed by atoms with Gasteiger partial charge in [0.15, 0.2) is 5.69 Å². The molecule has 140 valence electrons. The Labute approximate surface area is 155 Å². The third kappa shape index (κ3) is 3.93. The molecule has 2 aromatic carbocycles. The minimum atomic E-state index is -1.21. The van der Waals surface area contributed by atoms with Gasteiger partial charge in [-0.25, -0.2) is 9.59 Å². The van der Waals surface area contributed by atoms with E-state index in [4.69, 9.17) is 9.47 Å². The standard InChI is InChI=1S/C20H20N2O5/c1-26-12-7-13-27-16-11-6-5-10-15(16)22-18(14-8-3-2-4-9-14)17(19(23)24)21-20(22)25/h2-6,8-11H,7,12-13H2,1H3,(H,21,25)(H,23,24). The Morgan fingerprint density at radius 3 is 2.48 bits per heavy atom. The van der Waals surface area contributed by atoms with Gasteiger partial charge in [0, 0.05) is 25.7 Å². The van der Waals surface area contributed by atoms with Gasteiger partial charge in [-0.3, -0.25) is 9.55 Å². The lowest BCUT2D eigenvalue weighted by Gasteiger charge is -2.14. The highest BCUT2D eigenvalue weighted by molar-refractivity contribution is 5.93. The normalized spacial score (nSPS) is 10.7. The summed E-state index contributed by atoms with van der Waals surface area (Å²) in [4.78, 5) is 26.8. The van der Waals surface area contributed by atoms with E-state index >= 15 is 0 Å².